The summed E-state index contributed by atoms with van der Waals surface area (Å²) in [6.45, 7) is 2.85. The van der Waals surface area contributed by atoms with E-state index in [1.807, 2.05) is 29.2 Å². The van der Waals surface area contributed by atoms with Crippen LogP contribution in [0.3, 0.4) is 0 Å². The number of benzene rings is 1. The Bertz CT molecular complexity index is 415. The number of carbonyl (C=O) groups is 1. The summed E-state index contributed by atoms with van der Waals surface area (Å²) >= 11 is 0. The van der Waals surface area contributed by atoms with Crippen molar-refractivity contribution < 1.29 is 9.53 Å². The highest BCUT2D eigenvalue weighted by Crippen LogP contribution is 2.32. The number of hydrogen-bond donors (Lipinski definition) is 1. The Labute approximate surface area is 94.2 Å². The standard InChI is InChI=1S/C12H14N2O2/c15-12(9-7-13-8-9)14-5-6-16-11-4-2-1-3-10(11)14/h1-4,9,13H,5-8H2. The number of para-hydroxylation sites is 2. The summed E-state index contributed by atoms with van der Waals surface area (Å²) in [5, 5.41) is 3.13. The van der Waals surface area contributed by atoms with E-state index in [1.54, 1.807) is 0 Å². The molecule has 1 amide bonds. The fraction of sp³-hybridized carbons (Fsp3) is 0.417. The van der Waals surface area contributed by atoms with Crippen LogP contribution in [-0.2, 0) is 4.79 Å². The molecular weight excluding hydrogens is 204 g/mol. The van der Waals surface area contributed by atoms with Crippen molar-refractivity contribution in [3.8, 4) is 5.75 Å². The van der Waals surface area contributed by atoms with Gasteiger partial charge in [0.2, 0.25) is 5.91 Å². The lowest BCUT2D eigenvalue weighted by Gasteiger charge is -2.35. The molecule has 1 N–H and O–H groups in total. The minimum absolute atomic E-state index is 0.145. The number of nitrogens with one attached hydrogen (secondary N) is 1. The Kier molecular flexibility index (Phi) is 2.29. The summed E-state index contributed by atoms with van der Waals surface area (Å²) in [5.74, 6) is 1.18. The fourth-order valence-electron chi connectivity index (χ4n) is 2.08. The topological polar surface area (TPSA) is 41.6 Å². The molecule has 0 spiro atoms. The van der Waals surface area contributed by atoms with E-state index in [1.165, 1.54) is 0 Å². The second-order valence-electron chi connectivity index (χ2n) is 4.16. The summed E-state index contributed by atoms with van der Waals surface area (Å²) in [6, 6.07) is 7.72. The molecule has 2 aliphatic rings. The molecule has 3 rings (SSSR count). The summed E-state index contributed by atoms with van der Waals surface area (Å²) in [4.78, 5) is 14.0. The largest absolute Gasteiger partial charge is 0.490 e. The van der Waals surface area contributed by atoms with E-state index in [-0.39, 0.29) is 11.8 Å². The summed E-state index contributed by atoms with van der Waals surface area (Å²) < 4.78 is 5.53. The third-order valence-electron chi connectivity index (χ3n) is 3.13. The van der Waals surface area contributed by atoms with Crippen LogP contribution in [0.15, 0.2) is 24.3 Å². The molecule has 0 radical (unpaired) electrons. The van der Waals surface area contributed by atoms with Crippen LogP contribution in [0, 0.1) is 5.92 Å². The van der Waals surface area contributed by atoms with Crippen molar-refractivity contribution in [2.24, 2.45) is 5.92 Å². The molecule has 4 heteroatoms. The van der Waals surface area contributed by atoms with Crippen LogP contribution in [0.2, 0.25) is 0 Å². The van der Waals surface area contributed by atoms with Crippen LogP contribution < -0.4 is 15.0 Å². The van der Waals surface area contributed by atoms with Gasteiger partial charge in [0.1, 0.15) is 12.4 Å². The highest BCUT2D eigenvalue weighted by atomic mass is 16.5. The average molecular weight is 218 g/mol. The first kappa shape index (κ1) is 9.66. The van der Waals surface area contributed by atoms with Gasteiger partial charge in [0.05, 0.1) is 18.2 Å². The van der Waals surface area contributed by atoms with Gasteiger partial charge in [0.15, 0.2) is 0 Å². The Morgan fingerprint density at radius 2 is 2.19 bits per heavy atom. The number of anilines is 1. The Hall–Kier alpha value is -1.55. The molecule has 0 aromatic heterocycles. The van der Waals surface area contributed by atoms with Crippen LogP contribution in [-0.4, -0.2) is 32.1 Å². The summed E-state index contributed by atoms with van der Waals surface area (Å²) in [7, 11) is 0. The van der Waals surface area contributed by atoms with E-state index >= 15 is 0 Å². The first-order chi connectivity index (χ1) is 7.86. The van der Waals surface area contributed by atoms with Crippen molar-refractivity contribution in [2.45, 2.75) is 0 Å². The molecule has 0 saturated carbocycles. The van der Waals surface area contributed by atoms with E-state index in [4.69, 9.17) is 4.74 Å². The first-order valence-corrected chi connectivity index (χ1v) is 5.60. The lowest BCUT2D eigenvalue weighted by molar-refractivity contribution is -0.124. The third-order valence-corrected chi connectivity index (χ3v) is 3.13. The van der Waals surface area contributed by atoms with Gasteiger partial charge in [-0.15, -0.1) is 0 Å². The lowest BCUT2D eigenvalue weighted by Crippen LogP contribution is -2.53. The van der Waals surface area contributed by atoms with Crippen molar-refractivity contribution in [2.75, 3.05) is 31.1 Å². The van der Waals surface area contributed by atoms with Crippen molar-refractivity contribution >= 4 is 11.6 Å². The number of nitrogens with zero attached hydrogens (tertiary/aromatic N) is 1. The molecule has 16 heavy (non-hydrogen) atoms. The van der Waals surface area contributed by atoms with Gasteiger partial charge in [0.25, 0.3) is 0 Å². The minimum atomic E-state index is 0.145. The van der Waals surface area contributed by atoms with Crippen LogP contribution in [0.25, 0.3) is 0 Å². The molecule has 0 aliphatic carbocycles. The molecule has 1 fully saturated rings. The third kappa shape index (κ3) is 1.46. The van der Waals surface area contributed by atoms with Crippen LogP contribution in [0.5, 0.6) is 5.75 Å². The van der Waals surface area contributed by atoms with Gasteiger partial charge < -0.3 is 15.0 Å². The van der Waals surface area contributed by atoms with E-state index < -0.39 is 0 Å². The molecular formula is C12H14N2O2. The Morgan fingerprint density at radius 1 is 1.38 bits per heavy atom. The second kappa shape index (κ2) is 3.79. The van der Waals surface area contributed by atoms with Gasteiger partial charge in [-0.2, -0.15) is 0 Å². The van der Waals surface area contributed by atoms with Crippen molar-refractivity contribution in [1.82, 2.24) is 5.32 Å². The molecule has 2 aliphatic heterocycles. The molecule has 0 unspecified atom stereocenters. The fourth-order valence-corrected chi connectivity index (χ4v) is 2.08. The van der Waals surface area contributed by atoms with E-state index in [9.17, 15) is 4.79 Å². The number of hydrogen-bond acceptors (Lipinski definition) is 3. The number of carbonyl (C=O) groups excluding carboxylic acids is 1. The van der Waals surface area contributed by atoms with Crippen molar-refractivity contribution in [3.63, 3.8) is 0 Å². The lowest BCUT2D eigenvalue weighted by atomic mass is 10.0. The molecule has 84 valence electrons. The van der Waals surface area contributed by atoms with Gasteiger partial charge in [-0.1, -0.05) is 12.1 Å². The highest BCUT2D eigenvalue weighted by Gasteiger charge is 2.32. The van der Waals surface area contributed by atoms with E-state index in [0.29, 0.717) is 13.2 Å². The maximum absolute atomic E-state index is 12.2. The summed E-state index contributed by atoms with van der Waals surface area (Å²) in [5.41, 5.74) is 0.908. The molecule has 1 aromatic rings. The number of rotatable bonds is 1. The van der Waals surface area contributed by atoms with Crippen LogP contribution >= 0.6 is 0 Å². The quantitative estimate of drug-likeness (QED) is 0.751. The van der Waals surface area contributed by atoms with Gasteiger partial charge in [-0.3, -0.25) is 4.79 Å². The molecule has 0 bridgehead atoms. The van der Waals surface area contributed by atoms with Crippen LogP contribution in [0.1, 0.15) is 0 Å². The van der Waals surface area contributed by atoms with Gasteiger partial charge in [-0.05, 0) is 12.1 Å². The zero-order valence-corrected chi connectivity index (χ0v) is 8.98. The molecule has 0 atom stereocenters. The second-order valence-corrected chi connectivity index (χ2v) is 4.16. The molecule has 4 nitrogen and oxygen atoms in total. The normalized spacial score (nSPS) is 19.6. The molecule has 1 aromatic carbocycles. The zero-order chi connectivity index (χ0) is 11.0. The van der Waals surface area contributed by atoms with Crippen molar-refractivity contribution in [3.05, 3.63) is 24.3 Å². The average Bonchev–Trinajstić information content (AvgIpc) is 2.26. The maximum Gasteiger partial charge on any atom is 0.232 e. The Balaban J connectivity index is 1.89. The highest BCUT2D eigenvalue weighted by molar-refractivity contribution is 5.97. The van der Waals surface area contributed by atoms with Gasteiger partial charge in [-0.25, -0.2) is 0 Å². The molecule has 2 heterocycles. The monoisotopic (exact) mass is 218 g/mol. The van der Waals surface area contributed by atoms with E-state index in [2.05, 4.69) is 5.32 Å². The number of fused-ring (bicyclic) bond motifs is 1. The van der Waals surface area contributed by atoms with Gasteiger partial charge >= 0.3 is 0 Å². The van der Waals surface area contributed by atoms with Crippen LogP contribution in [0.4, 0.5) is 5.69 Å². The first-order valence-electron chi connectivity index (χ1n) is 5.60. The smallest absolute Gasteiger partial charge is 0.232 e. The van der Waals surface area contributed by atoms with Gasteiger partial charge in [0, 0.05) is 13.1 Å². The minimum Gasteiger partial charge on any atom is -0.490 e. The number of ether oxygens (including phenoxy) is 1. The predicted octanol–water partition coefficient (Wildman–Crippen LogP) is 0.631. The molecule has 1 saturated heterocycles. The summed E-state index contributed by atoms with van der Waals surface area (Å²) in [6.07, 6.45) is 0. The SMILES string of the molecule is O=C(C1CNC1)N1CCOc2ccccc21. The number of amides is 1. The predicted molar refractivity (Wildman–Crippen MR) is 60.6 cm³/mol. The zero-order valence-electron chi connectivity index (χ0n) is 8.98. The van der Waals surface area contributed by atoms with E-state index in [0.717, 1.165) is 24.5 Å². The maximum atomic E-state index is 12.2. The van der Waals surface area contributed by atoms with Crippen molar-refractivity contribution in [1.29, 1.82) is 0 Å². The Morgan fingerprint density at radius 3 is 2.94 bits per heavy atom.